The van der Waals surface area contributed by atoms with Crippen LogP contribution in [0.5, 0.6) is 0 Å². The zero-order chi connectivity index (χ0) is 21.1. The fourth-order valence-electron chi connectivity index (χ4n) is 3.42. The number of para-hydroxylation sites is 1. The van der Waals surface area contributed by atoms with E-state index in [0.29, 0.717) is 16.8 Å². The van der Waals surface area contributed by atoms with Crippen LogP contribution in [0, 0.1) is 13.8 Å². The van der Waals surface area contributed by atoms with E-state index in [1.165, 1.54) is 0 Å². The molecule has 0 atom stereocenters. The van der Waals surface area contributed by atoms with Crippen molar-refractivity contribution in [1.82, 2.24) is 4.98 Å². The standard InChI is InChI=1S/C25H21N3O2/c1-16-13-17(2)15-21(14-16)27-24(29)19-8-10-20(11-9-19)25(30)28-22-7-3-5-18-6-4-12-26-23(18)22/h3-15H,1-2H3,(H,27,29)(H,28,30). The predicted molar refractivity (Wildman–Crippen MR) is 120 cm³/mol. The summed E-state index contributed by atoms with van der Waals surface area (Å²) in [6.45, 7) is 3.98. The van der Waals surface area contributed by atoms with Crippen LogP contribution in [0.3, 0.4) is 0 Å². The van der Waals surface area contributed by atoms with Gasteiger partial charge in [0.2, 0.25) is 0 Å². The highest BCUT2D eigenvalue weighted by atomic mass is 16.2. The minimum absolute atomic E-state index is 0.217. The fraction of sp³-hybridized carbons (Fsp3) is 0.0800. The number of aryl methyl sites for hydroxylation is 2. The van der Waals surface area contributed by atoms with Crippen molar-refractivity contribution < 1.29 is 9.59 Å². The van der Waals surface area contributed by atoms with Crippen LogP contribution >= 0.6 is 0 Å². The van der Waals surface area contributed by atoms with Crippen molar-refractivity contribution in [3.63, 3.8) is 0 Å². The van der Waals surface area contributed by atoms with Crippen LogP contribution in [-0.2, 0) is 0 Å². The summed E-state index contributed by atoms with van der Waals surface area (Å²) >= 11 is 0. The first-order valence-electron chi connectivity index (χ1n) is 9.64. The topological polar surface area (TPSA) is 71.1 Å². The molecular weight excluding hydrogens is 374 g/mol. The zero-order valence-corrected chi connectivity index (χ0v) is 16.8. The van der Waals surface area contributed by atoms with Gasteiger partial charge in [-0.15, -0.1) is 0 Å². The van der Waals surface area contributed by atoms with Crippen LogP contribution < -0.4 is 10.6 Å². The van der Waals surface area contributed by atoms with Crippen LogP contribution in [0.1, 0.15) is 31.8 Å². The van der Waals surface area contributed by atoms with Gasteiger partial charge in [0.1, 0.15) is 0 Å². The van der Waals surface area contributed by atoms with Gasteiger partial charge in [-0.3, -0.25) is 14.6 Å². The largest absolute Gasteiger partial charge is 0.322 e. The van der Waals surface area contributed by atoms with E-state index in [2.05, 4.69) is 21.7 Å². The number of rotatable bonds is 4. The van der Waals surface area contributed by atoms with E-state index in [0.717, 1.165) is 27.7 Å². The Hall–Kier alpha value is -3.99. The molecule has 4 aromatic rings. The molecule has 0 aliphatic rings. The quantitative estimate of drug-likeness (QED) is 0.489. The van der Waals surface area contributed by atoms with E-state index < -0.39 is 0 Å². The van der Waals surface area contributed by atoms with Gasteiger partial charge in [0, 0.05) is 28.4 Å². The molecule has 2 amide bonds. The normalized spacial score (nSPS) is 10.6. The highest BCUT2D eigenvalue weighted by Gasteiger charge is 2.11. The van der Waals surface area contributed by atoms with Gasteiger partial charge in [0.05, 0.1) is 11.2 Å². The average molecular weight is 395 g/mol. The van der Waals surface area contributed by atoms with Gasteiger partial charge >= 0.3 is 0 Å². The number of benzene rings is 3. The monoisotopic (exact) mass is 395 g/mol. The molecule has 2 N–H and O–H groups in total. The summed E-state index contributed by atoms with van der Waals surface area (Å²) in [7, 11) is 0. The Balaban J connectivity index is 1.48. The second-order valence-corrected chi connectivity index (χ2v) is 7.24. The number of anilines is 2. The Morgan fingerprint density at radius 2 is 1.33 bits per heavy atom. The van der Waals surface area contributed by atoms with E-state index in [1.54, 1.807) is 30.5 Å². The van der Waals surface area contributed by atoms with Crippen molar-refractivity contribution in [2.24, 2.45) is 0 Å². The Morgan fingerprint density at radius 1 is 0.733 bits per heavy atom. The molecule has 1 aromatic heterocycles. The number of carbonyl (C=O) groups excluding carboxylic acids is 2. The van der Waals surface area contributed by atoms with Gasteiger partial charge in [0.25, 0.3) is 11.8 Å². The first-order valence-corrected chi connectivity index (χ1v) is 9.64. The molecule has 0 spiro atoms. The summed E-state index contributed by atoms with van der Waals surface area (Å²) in [5, 5.41) is 6.75. The highest BCUT2D eigenvalue weighted by molar-refractivity contribution is 6.09. The minimum Gasteiger partial charge on any atom is -0.322 e. The van der Waals surface area contributed by atoms with Gasteiger partial charge in [-0.05, 0) is 73.5 Å². The Morgan fingerprint density at radius 3 is 2.00 bits per heavy atom. The molecule has 0 aliphatic carbocycles. The Bertz CT molecular complexity index is 1220. The highest BCUT2D eigenvalue weighted by Crippen LogP contribution is 2.21. The maximum atomic E-state index is 12.7. The van der Waals surface area contributed by atoms with Crippen molar-refractivity contribution >= 4 is 34.1 Å². The van der Waals surface area contributed by atoms with Crippen molar-refractivity contribution in [3.05, 3.63) is 101 Å². The number of fused-ring (bicyclic) bond motifs is 1. The number of hydrogen-bond donors (Lipinski definition) is 2. The fourth-order valence-corrected chi connectivity index (χ4v) is 3.42. The maximum Gasteiger partial charge on any atom is 0.255 e. The molecule has 30 heavy (non-hydrogen) atoms. The number of hydrogen-bond acceptors (Lipinski definition) is 3. The number of amides is 2. The van der Waals surface area contributed by atoms with Crippen molar-refractivity contribution in [2.45, 2.75) is 13.8 Å². The van der Waals surface area contributed by atoms with Gasteiger partial charge in [-0.2, -0.15) is 0 Å². The summed E-state index contributed by atoms with van der Waals surface area (Å²) in [5.41, 5.74) is 5.25. The molecule has 148 valence electrons. The van der Waals surface area contributed by atoms with Gasteiger partial charge in [-0.1, -0.05) is 24.3 Å². The van der Waals surface area contributed by atoms with E-state index in [4.69, 9.17) is 0 Å². The second-order valence-electron chi connectivity index (χ2n) is 7.24. The molecule has 3 aromatic carbocycles. The average Bonchev–Trinajstić information content (AvgIpc) is 2.73. The van der Waals surface area contributed by atoms with E-state index >= 15 is 0 Å². The number of carbonyl (C=O) groups is 2. The molecule has 4 rings (SSSR count). The predicted octanol–water partition coefficient (Wildman–Crippen LogP) is 5.36. The maximum absolute atomic E-state index is 12.7. The van der Waals surface area contributed by atoms with Crippen LogP contribution in [0.15, 0.2) is 79.0 Å². The van der Waals surface area contributed by atoms with E-state index in [9.17, 15) is 9.59 Å². The van der Waals surface area contributed by atoms with Crippen molar-refractivity contribution in [1.29, 1.82) is 0 Å². The van der Waals surface area contributed by atoms with Crippen LogP contribution in [0.4, 0.5) is 11.4 Å². The van der Waals surface area contributed by atoms with E-state index in [1.807, 2.05) is 56.3 Å². The lowest BCUT2D eigenvalue weighted by atomic mass is 10.1. The van der Waals surface area contributed by atoms with E-state index in [-0.39, 0.29) is 11.8 Å². The van der Waals surface area contributed by atoms with Gasteiger partial charge in [-0.25, -0.2) is 0 Å². The van der Waals surface area contributed by atoms with Crippen molar-refractivity contribution in [3.8, 4) is 0 Å². The molecule has 0 unspecified atom stereocenters. The minimum atomic E-state index is -0.255. The molecule has 0 radical (unpaired) electrons. The number of nitrogens with zero attached hydrogens (tertiary/aromatic N) is 1. The molecule has 5 heteroatoms. The lowest BCUT2D eigenvalue weighted by molar-refractivity contribution is 0.101. The third kappa shape index (κ3) is 4.20. The molecule has 0 bridgehead atoms. The van der Waals surface area contributed by atoms with Gasteiger partial charge in [0.15, 0.2) is 0 Å². The third-order valence-electron chi connectivity index (χ3n) is 4.77. The Kier molecular flexibility index (Phi) is 5.26. The molecule has 0 fully saturated rings. The summed E-state index contributed by atoms with van der Waals surface area (Å²) in [6.07, 6.45) is 1.70. The summed E-state index contributed by atoms with van der Waals surface area (Å²) in [6, 6.07) is 21.9. The zero-order valence-electron chi connectivity index (χ0n) is 16.8. The molecule has 0 aliphatic heterocycles. The van der Waals surface area contributed by atoms with Crippen LogP contribution in [0.2, 0.25) is 0 Å². The van der Waals surface area contributed by atoms with Gasteiger partial charge < -0.3 is 10.6 Å². The molecule has 0 saturated heterocycles. The Labute approximate surface area is 174 Å². The van der Waals surface area contributed by atoms with Crippen LogP contribution in [0.25, 0.3) is 10.9 Å². The lowest BCUT2D eigenvalue weighted by Crippen LogP contribution is -2.14. The summed E-state index contributed by atoms with van der Waals surface area (Å²) < 4.78 is 0. The second kappa shape index (κ2) is 8.17. The molecular formula is C25H21N3O2. The summed E-state index contributed by atoms with van der Waals surface area (Å²) in [5.74, 6) is -0.473. The molecule has 0 saturated carbocycles. The number of aromatic nitrogens is 1. The van der Waals surface area contributed by atoms with Crippen molar-refractivity contribution in [2.75, 3.05) is 10.6 Å². The van der Waals surface area contributed by atoms with Crippen LogP contribution in [-0.4, -0.2) is 16.8 Å². The first-order chi connectivity index (χ1) is 14.5. The lowest BCUT2D eigenvalue weighted by Gasteiger charge is -2.10. The summed E-state index contributed by atoms with van der Waals surface area (Å²) in [4.78, 5) is 29.6. The number of pyridine rings is 1. The third-order valence-corrected chi connectivity index (χ3v) is 4.77. The smallest absolute Gasteiger partial charge is 0.255 e. The molecule has 1 heterocycles. The molecule has 5 nitrogen and oxygen atoms in total. The first kappa shape index (κ1) is 19.3. The number of nitrogens with one attached hydrogen (secondary N) is 2. The SMILES string of the molecule is Cc1cc(C)cc(NC(=O)c2ccc(C(=O)Nc3cccc4cccnc34)cc2)c1.